The number of carbonyl (C=O) groups is 2. The zero-order valence-electron chi connectivity index (χ0n) is 14.5. The molecule has 2 saturated heterocycles. The Morgan fingerprint density at radius 2 is 1.67 bits per heavy atom. The zero-order chi connectivity index (χ0) is 17.6. The monoisotopic (exact) mass is 359 g/mol. The van der Waals surface area contributed by atoms with E-state index in [0.29, 0.717) is 13.1 Å². The Morgan fingerprint density at radius 1 is 1.08 bits per heavy atom. The number of hydrogen-bond donors (Lipinski definition) is 2. The van der Waals surface area contributed by atoms with Crippen LogP contribution in [0.25, 0.3) is 0 Å². The van der Waals surface area contributed by atoms with E-state index in [0.717, 1.165) is 45.0 Å². The van der Waals surface area contributed by atoms with Gasteiger partial charge in [-0.1, -0.05) is 12.8 Å². The lowest BCUT2D eigenvalue weighted by molar-refractivity contribution is -0.131. The Hall–Kier alpha value is -1.15. The highest BCUT2D eigenvalue weighted by Gasteiger charge is 2.48. The lowest BCUT2D eigenvalue weighted by atomic mass is 9.96. The zero-order valence-corrected chi connectivity index (χ0v) is 15.3. The van der Waals surface area contributed by atoms with Gasteiger partial charge in [-0.3, -0.25) is 9.59 Å². The van der Waals surface area contributed by atoms with E-state index in [9.17, 15) is 18.0 Å². The van der Waals surface area contributed by atoms with Crippen LogP contribution in [0.5, 0.6) is 0 Å². The predicted octanol–water partition coefficient (Wildman–Crippen LogP) is 0.0621. The third kappa shape index (κ3) is 4.47. The Balaban J connectivity index is 1.88. The van der Waals surface area contributed by atoms with Crippen LogP contribution >= 0.6 is 0 Å². The molecule has 0 aromatic rings. The van der Waals surface area contributed by atoms with Crippen molar-refractivity contribution in [3.63, 3.8) is 0 Å². The Kier molecular flexibility index (Phi) is 6.62. The van der Waals surface area contributed by atoms with Crippen molar-refractivity contribution in [2.45, 2.75) is 49.7 Å². The van der Waals surface area contributed by atoms with E-state index in [4.69, 9.17) is 0 Å². The molecule has 2 aliphatic heterocycles. The van der Waals surface area contributed by atoms with Crippen LogP contribution in [0.4, 0.5) is 0 Å². The second kappa shape index (κ2) is 8.29. The number of sulfone groups is 1. The average molecular weight is 359 g/mol. The summed E-state index contributed by atoms with van der Waals surface area (Å²) < 4.78 is 23.0. The van der Waals surface area contributed by atoms with E-state index in [1.807, 2.05) is 4.90 Å². The van der Waals surface area contributed by atoms with Gasteiger partial charge in [-0.25, -0.2) is 8.42 Å². The van der Waals surface area contributed by atoms with Crippen LogP contribution in [0.15, 0.2) is 0 Å². The number of nitrogens with zero attached hydrogens (tertiary/aromatic N) is 1. The van der Waals surface area contributed by atoms with Crippen LogP contribution in [0, 0.1) is 0 Å². The van der Waals surface area contributed by atoms with Crippen molar-refractivity contribution in [3.8, 4) is 0 Å². The fraction of sp³-hybridized carbons (Fsp3) is 0.875. The van der Waals surface area contributed by atoms with Crippen LogP contribution in [0.3, 0.4) is 0 Å². The van der Waals surface area contributed by atoms with E-state index in [1.165, 1.54) is 0 Å². The first-order chi connectivity index (χ1) is 11.4. The van der Waals surface area contributed by atoms with Gasteiger partial charge in [0.05, 0.1) is 0 Å². The molecule has 2 heterocycles. The van der Waals surface area contributed by atoms with Crippen molar-refractivity contribution < 1.29 is 18.0 Å². The van der Waals surface area contributed by atoms with Crippen molar-refractivity contribution in [1.29, 1.82) is 0 Å². The Bertz CT molecular complexity index is 548. The number of nitrogens with one attached hydrogen (secondary N) is 2. The largest absolute Gasteiger partial charge is 0.354 e. The average Bonchev–Trinajstić information content (AvgIpc) is 2.83. The number of piperidine rings is 1. The fourth-order valence-corrected chi connectivity index (χ4v) is 4.87. The molecule has 0 spiro atoms. The van der Waals surface area contributed by atoms with Gasteiger partial charge in [0.25, 0.3) is 0 Å². The number of amides is 2. The van der Waals surface area contributed by atoms with Crippen molar-refractivity contribution in [1.82, 2.24) is 15.5 Å². The molecule has 0 aromatic carbocycles. The minimum atomic E-state index is -3.51. The highest BCUT2D eigenvalue weighted by molar-refractivity contribution is 7.92. The van der Waals surface area contributed by atoms with Gasteiger partial charge in [0, 0.05) is 32.3 Å². The fourth-order valence-electron chi connectivity index (χ4n) is 3.52. The van der Waals surface area contributed by atoms with Crippen molar-refractivity contribution in [3.05, 3.63) is 0 Å². The van der Waals surface area contributed by atoms with Gasteiger partial charge in [0.15, 0.2) is 14.6 Å². The number of hydrogen-bond acceptors (Lipinski definition) is 5. The first-order valence-corrected chi connectivity index (χ1v) is 10.7. The summed E-state index contributed by atoms with van der Waals surface area (Å²) >= 11 is 0. The molecule has 0 radical (unpaired) electrons. The SMILES string of the molecule is CS(=O)(=O)C1(C(=O)NCCC(=O)N2CCCCCC2)CCNCC1. The normalized spacial score (nSPS) is 21.8. The lowest BCUT2D eigenvalue weighted by Crippen LogP contribution is -2.57. The Labute approximate surface area is 144 Å². The molecule has 0 bridgehead atoms. The third-order valence-electron chi connectivity index (χ3n) is 5.12. The van der Waals surface area contributed by atoms with Gasteiger partial charge in [-0.2, -0.15) is 0 Å². The van der Waals surface area contributed by atoms with Gasteiger partial charge < -0.3 is 15.5 Å². The highest BCUT2D eigenvalue weighted by Crippen LogP contribution is 2.27. The van der Waals surface area contributed by atoms with E-state index in [1.54, 1.807) is 0 Å². The second-order valence-electron chi connectivity index (χ2n) is 6.82. The number of likely N-dealkylation sites (tertiary alicyclic amines) is 1. The number of carbonyl (C=O) groups excluding carboxylic acids is 2. The molecule has 0 aromatic heterocycles. The molecule has 2 rings (SSSR count). The minimum absolute atomic E-state index is 0.0379. The molecule has 2 amide bonds. The maximum atomic E-state index is 12.5. The molecule has 138 valence electrons. The van der Waals surface area contributed by atoms with E-state index < -0.39 is 20.5 Å². The van der Waals surface area contributed by atoms with E-state index in [2.05, 4.69) is 10.6 Å². The maximum absolute atomic E-state index is 12.5. The molecule has 2 fully saturated rings. The van der Waals surface area contributed by atoms with Gasteiger partial charge in [0.1, 0.15) is 0 Å². The first kappa shape index (κ1) is 19.2. The smallest absolute Gasteiger partial charge is 0.241 e. The molecule has 2 aliphatic rings. The number of rotatable bonds is 5. The van der Waals surface area contributed by atoms with E-state index in [-0.39, 0.29) is 31.7 Å². The summed E-state index contributed by atoms with van der Waals surface area (Å²) in [6, 6.07) is 0. The molecule has 0 saturated carbocycles. The molecule has 7 nitrogen and oxygen atoms in total. The Morgan fingerprint density at radius 3 is 2.21 bits per heavy atom. The molecule has 0 atom stereocenters. The summed E-state index contributed by atoms with van der Waals surface area (Å²) in [7, 11) is -3.51. The summed E-state index contributed by atoms with van der Waals surface area (Å²) in [5.74, 6) is -0.425. The van der Waals surface area contributed by atoms with Crippen LogP contribution < -0.4 is 10.6 Å². The topological polar surface area (TPSA) is 95.6 Å². The van der Waals surface area contributed by atoms with Crippen molar-refractivity contribution >= 4 is 21.7 Å². The highest BCUT2D eigenvalue weighted by atomic mass is 32.2. The van der Waals surface area contributed by atoms with Crippen molar-refractivity contribution in [2.75, 3.05) is 39.0 Å². The molecule has 0 aliphatic carbocycles. The van der Waals surface area contributed by atoms with Gasteiger partial charge in [-0.15, -0.1) is 0 Å². The summed E-state index contributed by atoms with van der Waals surface area (Å²) in [5, 5.41) is 5.78. The molecular formula is C16H29N3O4S. The second-order valence-corrected chi connectivity index (χ2v) is 9.14. The van der Waals surface area contributed by atoms with Crippen molar-refractivity contribution in [2.24, 2.45) is 0 Å². The van der Waals surface area contributed by atoms with Crippen LogP contribution in [0.2, 0.25) is 0 Å². The summed E-state index contributed by atoms with van der Waals surface area (Å²) in [6.07, 6.45) is 6.28. The predicted molar refractivity (Wildman–Crippen MR) is 92.4 cm³/mol. The third-order valence-corrected chi connectivity index (χ3v) is 7.13. The maximum Gasteiger partial charge on any atom is 0.241 e. The van der Waals surface area contributed by atoms with Gasteiger partial charge in [0.2, 0.25) is 11.8 Å². The van der Waals surface area contributed by atoms with Crippen LogP contribution in [-0.4, -0.2) is 68.9 Å². The van der Waals surface area contributed by atoms with Crippen LogP contribution in [-0.2, 0) is 19.4 Å². The summed E-state index contributed by atoms with van der Waals surface area (Å²) in [6.45, 7) is 2.77. The molecule has 24 heavy (non-hydrogen) atoms. The molecular weight excluding hydrogens is 330 g/mol. The quantitative estimate of drug-likeness (QED) is 0.724. The lowest BCUT2D eigenvalue weighted by Gasteiger charge is -2.34. The summed E-state index contributed by atoms with van der Waals surface area (Å²) in [5.41, 5.74) is 0. The molecule has 2 N–H and O–H groups in total. The molecule has 0 unspecified atom stereocenters. The standard InChI is InChI=1S/C16H29N3O4S/c1-24(22,23)16(7-10-17-11-8-16)15(21)18-9-6-14(20)19-12-4-2-3-5-13-19/h17H,2-13H2,1H3,(H,18,21). The first-order valence-electron chi connectivity index (χ1n) is 8.83. The summed E-state index contributed by atoms with van der Waals surface area (Å²) in [4.78, 5) is 26.6. The minimum Gasteiger partial charge on any atom is -0.354 e. The van der Waals surface area contributed by atoms with Gasteiger partial charge >= 0.3 is 0 Å². The molecule has 8 heteroatoms. The van der Waals surface area contributed by atoms with Crippen LogP contribution in [0.1, 0.15) is 44.9 Å². The van der Waals surface area contributed by atoms with Gasteiger partial charge in [-0.05, 0) is 38.8 Å². The van der Waals surface area contributed by atoms with E-state index >= 15 is 0 Å².